The van der Waals surface area contributed by atoms with Gasteiger partial charge in [-0.25, -0.2) is 0 Å². The van der Waals surface area contributed by atoms with Crippen LogP contribution in [0.4, 0.5) is 0 Å². The van der Waals surface area contributed by atoms with Crippen LogP contribution < -0.4 is 10.1 Å². The molecule has 0 spiro atoms. The number of aliphatic hydroxyl groups is 1. The van der Waals surface area contributed by atoms with Crippen molar-refractivity contribution in [2.75, 3.05) is 13.7 Å². The Morgan fingerprint density at radius 1 is 1.50 bits per heavy atom. The Hall–Kier alpha value is -1.26. The van der Waals surface area contributed by atoms with Gasteiger partial charge in [-0.1, -0.05) is 0 Å². The van der Waals surface area contributed by atoms with Crippen molar-refractivity contribution in [3.05, 3.63) is 23.8 Å². The Morgan fingerprint density at radius 2 is 2.29 bits per heavy atom. The number of benzene rings is 1. The summed E-state index contributed by atoms with van der Waals surface area (Å²) in [5.41, 5.74) is 0.635. The van der Waals surface area contributed by atoms with E-state index in [0.29, 0.717) is 17.9 Å². The number of phenolic OH excluding ortho intramolecular Hbond substituents is 1. The average molecular weight is 195 g/mol. The van der Waals surface area contributed by atoms with Crippen LogP contribution in [0.25, 0.3) is 0 Å². The highest BCUT2D eigenvalue weighted by Gasteiger charge is 2.28. The van der Waals surface area contributed by atoms with Crippen LogP contribution in [0.3, 0.4) is 0 Å². The summed E-state index contributed by atoms with van der Waals surface area (Å²) >= 11 is 0. The van der Waals surface area contributed by atoms with Crippen molar-refractivity contribution in [2.24, 2.45) is 0 Å². The Kier molecular flexibility index (Phi) is 2.31. The molecule has 2 unspecified atom stereocenters. The molecule has 1 aliphatic heterocycles. The lowest BCUT2D eigenvalue weighted by molar-refractivity contribution is 0.0771. The van der Waals surface area contributed by atoms with Gasteiger partial charge < -0.3 is 20.3 Å². The van der Waals surface area contributed by atoms with Crippen LogP contribution in [0.2, 0.25) is 0 Å². The summed E-state index contributed by atoms with van der Waals surface area (Å²) in [4.78, 5) is 0. The molecule has 1 aromatic rings. The molecule has 0 aromatic heterocycles. The molecule has 3 N–H and O–H groups in total. The maximum atomic E-state index is 9.89. The smallest absolute Gasteiger partial charge is 0.125 e. The zero-order valence-corrected chi connectivity index (χ0v) is 7.90. The third kappa shape index (κ3) is 1.42. The molecular formula is C10H13NO3. The molecule has 0 amide bonds. The molecule has 1 aromatic carbocycles. The van der Waals surface area contributed by atoms with Crippen LogP contribution in [0.15, 0.2) is 18.2 Å². The number of rotatable bonds is 1. The summed E-state index contributed by atoms with van der Waals surface area (Å²) in [6.07, 6.45) is -0.629. The number of nitrogens with one attached hydrogen (secondary N) is 1. The first-order chi connectivity index (χ1) is 6.72. The molecule has 1 aliphatic rings. The van der Waals surface area contributed by atoms with Crippen molar-refractivity contribution in [3.8, 4) is 11.5 Å². The van der Waals surface area contributed by atoms with E-state index in [4.69, 9.17) is 4.74 Å². The van der Waals surface area contributed by atoms with Gasteiger partial charge in [-0.3, -0.25) is 0 Å². The van der Waals surface area contributed by atoms with E-state index in [1.807, 2.05) is 0 Å². The first-order valence-electron chi connectivity index (χ1n) is 4.53. The van der Waals surface area contributed by atoms with E-state index in [-0.39, 0.29) is 11.8 Å². The maximum absolute atomic E-state index is 9.89. The van der Waals surface area contributed by atoms with Crippen LogP contribution >= 0.6 is 0 Å². The van der Waals surface area contributed by atoms with Gasteiger partial charge in [-0.2, -0.15) is 0 Å². The number of phenols is 1. The van der Waals surface area contributed by atoms with Crippen LogP contribution in [0.5, 0.6) is 11.5 Å². The number of aromatic hydroxyl groups is 1. The number of likely N-dealkylation sites (N-methyl/N-ethyl adjacent to an activating group) is 1. The second kappa shape index (κ2) is 3.48. The van der Waals surface area contributed by atoms with Gasteiger partial charge in [0.1, 0.15) is 24.2 Å². The lowest BCUT2D eigenvalue weighted by atomic mass is 9.99. The van der Waals surface area contributed by atoms with Gasteiger partial charge in [-0.15, -0.1) is 0 Å². The molecule has 14 heavy (non-hydrogen) atoms. The van der Waals surface area contributed by atoms with Crippen LogP contribution in [0.1, 0.15) is 11.7 Å². The summed E-state index contributed by atoms with van der Waals surface area (Å²) in [5.74, 6) is 0.782. The molecular weight excluding hydrogens is 182 g/mol. The molecule has 2 atom stereocenters. The first-order valence-corrected chi connectivity index (χ1v) is 4.53. The molecule has 1 heterocycles. The van der Waals surface area contributed by atoms with Gasteiger partial charge in [0.2, 0.25) is 0 Å². The highest BCUT2D eigenvalue weighted by molar-refractivity contribution is 5.42. The predicted molar refractivity (Wildman–Crippen MR) is 51.4 cm³/mol. The summed E-state index contributed by atoms with van der Waals surface area (Å²) in [5, 5.41) is 22.1. The highest BCUT2D eigenvalue weighted by atomic mass is 16.5. The second-order valence-corrected chi connectivity index (χ2v) is 3.37. The zero-order valence-electron chi connectivity index (χ0n) is 7.90. The normalized spacial score (nSPS) is 25.3. The van der Waals surface area contributed by atoms with Crippen molar-refractivity contribution in [1.82, 2.24) is 5.32 Å². The number of ether oxygens (including phenoxy) is 1. The van der Waals surface area contributed by atoms with E-state index < -0.39 is 6.10 Å². The van der Waals surface area contributed by atoms with Gasteiger partial charge in [0.15, 0.2) is 0 Å². The molecule has 0 saturated carbocycles. The van der Waals surface area contributed by atoms with Gasteiger partial charge >= 0.3 is 0 Å². The lowest BCUT2D eigenvalue weighted by Gasteiger charge is -2.29. The maximum Gasteiger partial charge on any atom is 0.125 e. The first kappa shape index (κ1) is 9.30. The fourth-order valence-electron chi connectivity index (χ4n) is 1.63. The monoisotopic (exact) mass is 195 g/mol. The third-order valence-electron chi connectivity index (χ3n) is 2.48. The molecule has 0 aliphatic carbocycles. The topological polar surface area (TPSA) is 61.7 Å². The molecule has 0 radical (unpaired) electrons. The van der Waals surface area contributed by atoms with Crippen molar-refractivity contribution >= 4 is 0 Å². The summed E-state index contributed by atoms with van der Waals surface area (Å²) in [6.45, 7) is 0.440. The van der Waals surface area contributed by atoms with Crippen LogP contribution in [-0.2, 0) is 0 Å². The summed E-state index contributed by atoms with van der Waals surface area (Å²) in [6, 6.07) is 4.62. The molecule has 0 saturated heterocycles. The quantitative estimate of drug-likeness (QED) is 0.607. The number of aliphatic hydroxyl groups excluding tert-OH is 1. The standard InChI is InChI=1S/C10H13NO3/c1-11-8-5-14-9-3-2-6(12)4-7(9)10(8)13/h2-4,8,10-13H,5H2,1H3. The second-order valence-electron chi connectivity index (χ2n) is 3.37. The Morgan fingerprint density at radius 3 is 3.00 bits per heavy atom. The number of hydrogen-bond donors (Lipinski definition) is 3. The molecule has 4 nitrogen and oxygen atoms in total. The fourth-order valence-corrected chi connectivity index (χ4v) is 1.63. The van der Waals surface area contributed by atoms with Gasteiger partial charge in [0.25, 0.3) is 0 Å². The summed E-state index contributed by atoms with van der Waals surface area (Å²) < 4.78 is 5.42. The van der Waals surface area contributed by atoms with Crippen molar-refractivity contribution in [3.63, 3.8) is 0 Å². The van der Waals surface area contributed by atoms with E-state index >= 15 is 0 Å². The average Bonchev–Trinajstić information content (AvgIpc) is 2.20. The predicted octanol–water partition coefficient (Wildman–Crippen LogP) is 0.406. The Labute approximate surface area is 82.1 Å². The van der Waals surface area contributed by atoms with E-state index in [0.717, 1.165) is 0 Å². The summed E-state index contributed by atoms with van der Waals surface area (Å²) in [7, 11) is 1.77. The third-order valence-corrected chi connectivity index (χ3v) is 2.48. The number of fused-ring (bicyclic) bond motifs is 1. The molecule has 0 bridgehead atoms. The minimum Gasteiger partial charge on any atom is -0.508 e. The number of hydrogen-bond acceptors (Lipinski definition) is 4. The fraction of sp³-hybridized carbons (Fsp3) is 0.400. The van der Waals surface area contributed by atoms with Crippen molar-refractivity contribution in [2.45, 2.75) is 12.1 Å². The minimum absolute atomic E-state index is 0.121. The van der Waals surface area contributed by atoms with Crippen molar-refractivity contribution < 1.29 is 14.9 Å². The van der Waals surface area contributed by atoms with Gasteiger partial charge in [-0.05, 0) is 25.2 Å². The SMILES string of the molecule is CNC1COc2ccc(O)cc2C1O. The van der Waals surface area contributed by atoms with E-state index in [2.05, 4.69) is 5.32 Å². The molecule has 76 valence electrons. The van der Waals surface area contributed by atoms with Crippen molar-refractivity contribution in [1.29, 1.82) is 0 Å². The van der Waals surface area contributed by atoms with Gasteiger partial charge in [0, 0.05) is 5.56 Å². The van der Waals surface area contributed by atoms with Gasteiger partial charge in [0.05, 0.1) is 6.04 Å². The highest BCUT2D eigenvalue weighted by Crippen LogP contribution is 2.34. The Bertz CT molecular complexity index is 340. The molecule has 0 fully saturated rings. The molecule has 4 heteroatoms. The van der Waals surface area contributed by atoms with Crippen LogP contribution in [0, 0.1) is 0 Å². The molecule has 2 rings (SSSR count). The van der Waals surface area contributed by atoms with E-state index in [1.54, 1.807) is 19.2 Å². The Balaban J connectivity index is 2.38. The largest absolute Gasteiger partial charge is 0.508 e. The van der Waals surface area contributed by atoms with E-state index in [9.17, 15) is 10.2 Å². The van der Waals surface area contributed by atoms with Crippen LogP contribution in [-0.4, -0.2) is 29.9 Å². The minimum atomic E-state index is -0.629. The van der Waals surface area contributed by atoms with E-state index in [1.165, 1.54) is 6.07 Å². The lowest BCUT2D eigenvalue weighted by Crippen LogP contribution is -2.40. The zero-order chi connectivity index (χ0) is 10.1.